The van der Waals surface area contributed by atoms with Gasteiger partial charge in [0.05, 0.1) is 11.4 Å². The molecular weight excluding hydrogens is 230 g/mol. The summed E-state index contributed by atoms with van der Waals surface area (Å²) < 4.78 is 0. The molecule has 0 aliphatic carbocycles. The first kappa shape index (κ1) is 12.5. The highest BCUT2D eigenvalue weighted by Crippen LogP contribution is 2.35. The van der Waals surface area contributed by atoms with E-state index in [0.717, 1.165) is 18.7 Å². The normalized spacial score (nSPS) is 15.9. The first-order chi connectivity index (χ1) is 7.97. The zero-order valence-corrected chi connectivity index (χ0v) is 11.5. The maximum atomic E-state index is 12.0. The summed E-state index contributed by atoms with van der Waals surface area (Å²) in [6.07, 6.45) is 1.03. The van der Waals surface area contributed by atoms with Crippen molar-refractivity contribution in [3.05, 3.63) is 24.3 Å². The Bertz CT molecular complexity index is 422. The van der Waals surface area contributed by atoms with Gasteiger partial charge in [-0.1, -0.05) is 32.9 Å². The smallest absolute Gasteiger partial charge is 0.237 e. The minimum Gasteiger partial charge on any atom is -0.311 e. The molecule has 1 amide bonds. The summed E-state index contributed by atoms with van der Waals surface area (Å²) in [6, 6.07) is 8.17. The van der Waals surface area contributed by atoms with E-state index in [2.05, 4.69) is 26.8 Å². The number of para-hydroxylation sites is 1. The topological polar surface area (TPSA) is 20.3 Å². The zero-order valence-electron chi connectivity index (χ0n) is 10.7. The van der Waals surface area contributed by atoms with E-state index in [9.17, 15) is 4.79 Å². The molecule has 0 unspecified atom stereocenters. The van der Waals surface area contributed by atoms with Gasteiger partial charge >= 0.3 is 0 Å². The van der Waals surface area contributed by atoms with Gasteiger partial charge in [-0.25, -0.2) is 0 Å². The molecule has 0 radical (unpaired) electrons. The van der Waals surface area contributed by atoms with Gasteiger partial charge in [0.25, 0.3) is 0 Å². The molecule has 1 aromatic carbocycles. The number of hydrogen-bond acceptors (Lipinski definition) is 2. The Labute approximate surface area is 107 Å². The van der Waals surface area contributed by atoms with Crippen molar-refractivity contribution in [3.8, 4) is 0 Å². The van der Waals surface area contributed by atoms with Crippen LogP contribution in [0.4, 0.5) is 5.69 Å². The highest BCUT2D eigenvalue weighted by molar-refractivity contribution is 8.00. The second-order valence-electron chi connectivity index (χ2n) is 5.61. The lowest BCUT2D eigenvalue weighted by Crippen LogP contribution is -2.37. The molecule has 0 saturated carbocycles. The summed E-state index contributed by atoms with van der Waals surface area (Å²) in [5.74, 6) is 0.805. The van der Waals surface area contributed by atoms with Crippen LogP contribution in [0.3, 0.4) is 0 Å². The van der Waals surface area contributed by atoms with Crippen molar-refractivity contribution in [2.45, 2.75) is 32.1 Å². The summed E-state index contributed by atoms with van der Waals surface area (Å²) in [5.41, 5.74) is 1.35. The predicted molar refractivity (Wildman–Crippen MR) is 73.6 cm³/mol. The molecule has 0 saturated heterocycles. The fourth-order valence-corrected chi connectivity index (χ4v) is 2.78. The van der Waals surface area contributed by atoms with Gasteiger partial charge in [-0.3, -0.25) is 4.79 Å². The third-order valence-electron chi connectivity index (χ3n) is 2.89. The van der Waals surface area contributed by atoms with Crippen LogP contribution in [0.15, 0.2) is 29.2 Å². The second-order valence-corrected chi connectivity index (χ2v) is 6.63. The van der Waals surface area contributed by atoms with E-state index in [1.165, 1.54) is 4.90 Å². The Morgan fingerprint density at radius 1 is 1.29 bits per heavy atom. The van der Waals surface area contributed by atoms with Gasteiger partial charge in [0.1, 0.15) is 0 Å². The number of amides is 1. The number of fused-ring (bicyclic) bond motifs is 1. The van der Waals surface area contributed by atoms with Crippen molar-refractivity contribution in [3.63, 3.8) is 0 Å². The molecule has 0 fully saturated rings. The number of carbonyl (C=O) groups excluding carboxylic acids is 1. The van der Waals surface area contributed by atoms with E-state index in [1.807, 2.05) is 23.1 Å². The molecule has 0 bridgehead atoms. The van der Waals surface area contributed by atoms with Crippen LogP contribution in [0.5, 0.6) is 0 Å². The summed E-state index contributed by atoms with van der Waals surface area (Å²) in [7, 11) is 0. The molecule has 2 nitrogen and oxygen atoms in total. The van der Waals surface area contributed by atoms with Crippen LogP contribution in [-0.4, -0.2) is 18.2 Å². The summed E-state index contributed by atoms with van der Waals surface area (Å²) in [5, 5.41) is 0. The van der Waals surface area contributed by atoms with Crippen LogP contribution < -0.4 is 4.90 Å². The maximum absolute atomic E-state index is 12.0. The number of rotatable bonds is 2. The minimum absolute atomic E-state index is 0.234. The molecule has 92 valence electrons. The summed E-state index contributed by atoms with van der Waals surface area (Å²) >= 11 is 1.64. The lowest BCUT2D eigenvalue weighted by atomic mass is 9.92. The summed E-state index contributed by atoms with van der Waals surface area (Å²) in [4.78, 5) is 15.1. The van der Waals surface area contributed by atoms with Gasteiger partial charge in [-0.05, 0) is 24.0 Å². The SMILES string of the molecule is CC(C)(C)CCN1C(=O)CSc2ccccc21. The van der Waals surface area contributed by atoms with Gasteiger partial charge in [0, 0.05) is 11.4 Å². The van der Waals surface area contributed by atoms with Crippen molar-refractivity contribution < 1.29 is 4.79 Å². The molecule has 0 atom stereocenters. The van der Waals surface area contributed by atoms with E-state index >= 15 is 0 Å². The molecule has 1 aromatic rings. The van der Waals surface area contributed by atoms with Crippen LogP contribution in [0.2, 0.25) is 0 Å². The molecule has 17 heavy (non-hydrogen) atoms. The molecule has 1 heterocycles. The number of hydrogen-bond donors (Lipinski definition) is 0. The first-order valence-electron chi connectivity index (χ1n) is 5.99. The molecule has 1 aliphatic rings. The summed E-state index contributed by atoms with van der Waals surface area (Å²) in [6.45, 7) is 7.45. The van der Waals surface area contributed by atoms with Crippen molar-refractivity contribution in [1.29, 1.82) is 0 Å². The Morgan fingerprint density at radius 3 is 2.71 bits per heavy atom. The first-order valence-corrected chi connectivity index (χ1v) is 6.98. The molecule has 2 rings (SSSR count). The number of thioether (sulfide) groups is 1. The standard InChI is InChI=1S/C14H19NOS/c1-14(2,3)8-9-15-11-6-4-5-7-12(11)17-10-13(15)16/h4-7H,8-10H2,1-3H3. The fourth-order valence-electron chi connectivity index (χ4n) is 1.85. The third kappa shape index (κ3) is 3.03. The molecular formula is C14H19NOS. The average molecular weight is 249 g/mol. The van der Waals surface area contributed by atoms with Gasteiger partial charge in [-0.15, -0.1) is 11.8 Å². The van der Waals surface area contributed by atoms with Gasteiger partial charge in [0.15, 0.2) is 0 Å². The lowest BCUT2D eigenvalue weighted by molar-refractivity contribution is -0.116. The van der Waals surface area contributed by atoms with E-state index < -0.39 is 0 Å². The Balaban J connectivity index is 2.18. The van der Waals surface area contributed by atoms with Crippen molar-refractivity contribution in [2.24, 2.45) is 5.41 Å². The van der Waals surface area contributed by atoms with Gasteiger partial charge in [-0.2, -0.15) is 0 Å². The van der Waals surface area contributed by atoms with E-state index in [4.69, 9.17) is 0 Å². The highest BCUT2D eigenvalue weighted by Gasteiger charge is 2.25. The Hall–Kier alpha value is -0.960. The largest absolute Gasteiger partial charge is 0.311 e. The van der Waals surface area contributed by atoms with E-state index in [1.54, 1.807) is 11.8 Å². The number of nitrogens with zero attached hydrogens (tertiary/aromatic N) is 1. The van der Waals surface area contributed by atoms with Crippen molar-refractivity contribution in [2.75, 3.05) is 17.2 Å². The second kappa shape index (κ2) is 4.73. The molecule has 1 aliphatic heterocycles. The zero-order chi connectivity index (χ0) is 12.5. The van der Waals surface area contributed by atoms with E-state index in [-0.39, 0.29) is 11.3 Å². The molecule has 3 heteroatoms. The van der Waals surface area contributed by atoms with Crippen LogP contribution in [0.25, 0.3) is 0 Å². The quantitative estimate of drug-likeness (QED) is 0.798. The Kier molecular flexibility index (Phi) is 3.48. The van der Waals surface area contributed by atoms with Gasteiger partial charge in [0.2, 0.25) is 5.91 Å². The molecule has 0 spiro atoms. The predicted octanol–water partition coefficient (Wildman–Crippen LogP) is 3.56. The monoisotopic (exact) mass is 249 g/mol. The highest BCUT2D eigenvalue weighted by atomic mass is 32.2. The van der Waals surface area contributed by atoms with Crippen LogP contribution in [0, 0.1) is 5.41 Å². The minimum atomic E-state index is 0.234. The fraction of sp³-hybridized carbons (Fsp3) is 0.500. The third-order valence-corrected chi connectivity index (χ3v) is 3.94. The molecule has 0 N–H and O–H groups in total. The lowest BCUT2D eigenvalue weighted by Gasteiger charge is -2.31. The maximum Gasteiger partial charge on any atom is 0.237 e. The van der Waals surface area contributed by atoms with Crippen LogP contribution in [0.1, 0.15) is 27.2 Å². The Morgan fingerprint density at radius 2 is 2.00 bits per heavy atom. The number of carbonyl (C=O) groups is 1. The van der Waals surface area contributed by atoms with Crippen molar-refractivity contribution in [1.82, 2.24) is 0 Å². The van der Waals surface area contributed by atoms with Gasteiger partial charge < -0.3 is 4.90 Å². The van der Waals surface area contributed by atoms with Crippen LogP contribution in [-0.2, 0) is 4.79 Å². The average Bonchev–Trinajstić information content (AvgIpc) is 2.26. The number of benzene rings is 1. The number of anilines is 1. The van der Waals surface area contributed by atoms with Crippen LogP contribution >= 0.6 is 11.8 Å². The van der Waals surface area contributed by atoms with E-state index in [0.29, 0.717) is 5.75 Å². The van der Waals surface area contributed by atoms with Crippen molar-refractivity contribution >= 4 is 23.4 Å². The molecule has 0 aromatic heterocycles.